The lowest BCUT2D eigenvalue weighted by atomic mass is 9.67. The van der Waals surface area contributed by atoms with Gasteiger partial charge in [-0.05, 0) is 271 Å². The third-order valence-electron chi connectivity index (χ3n) is 21.1. The van der Waals surface area contributed by atoms with Gasteiger partial charge in [0.05, 0.1) is 10.8 Å². The van der Waals surface area contributed by atoms with Crippen molar-refractivity contribution in [1.82, 2.24) is 0 Å². The predicted molar refractivity (Wildman–Crippen MR) is 408 cm³/mol. The van der Waals surface area contributed by atoms with Crippen LogP contribution in [0.15, 0.2) is 309 Å². The van der Waals surface area contributed by atoms with Gasteiger partial charge in [-0.1, -0.05) is 183 Å². The molecule has 0 saturated heterocycles. The normalized spacial score (nSPS) is 14.9. The van der Waals surface area contributed by atoms with Crippen molar-refractivity contribution in [2.24, 2.45) is 0 Å². The number of nitrogens with zero attached hydrogens (tertiary/aromatic N) is 2. The van der Waals surface area contributed by atoms with Crippen molar-refractivity contribution in [3.8, 4) is 44.5 Å². The number of benzene rings is 14. The number of halogens is 4. The summed E-state index contributed by atoms with van der Waals surface area (Å²) < 4.78 is 66.6. The summed E-state index contributed by atoms with van der Waals surface area (Å²) in [5.41, 5.74) is 27.3. The van der Waals surface area contributed by atoms with Gasteiger partial charge in [-0.3, -0.25) is 0 Å². The average Bonchev–Trinajstić information content (AvgIpc) is 1.56. The Balaban J connectivity index is 0.860. The lowest BCUT2D eigenvalue weighted by Crippen LogP contribution is -2.29. The first-order valence-electron chi connectivity index (χ1n) is 34.0. The van der Waals surface area contributed by atoms with Gasteiger partial charge in [0.25, 0.3) is 0 Å². The van der Waals surface area contributed by atoms with Crippen LogP contribution in [0.2, 0.25) is 0 Å². The van der Waals surface area contributed by atoms with Crippen molar-refractivity contribution in [2.75, 3.05) is 9.80 Å². The standard InChI is InChI=1S/C94H66F4N2O/c1-7-61-17-25-65(26-18-61)93(67-29-37-71(97)38-30-67)85-15-11-9-13-77(85)79-45-41-73(53-87(79)93)99(89-51-57(3)83(49-59(89)5)63-21-33-69(95)34-22-63)75-43-47-81-82-48-44-76(56-92(82)101-91(81)55-75)100(90-52-58(4)84(50-60(90)6)64-23-35-70(96)36-24-64)74-42-46-80-78-14-10-12-16-86(78)94(88(80)54-74,68-31-39-72(98)40-32-68)66-27-19-62(8-2)20-28-66/h7-56H,1-2H2,3-6H3. The molecule has 2 aliphatic carbocycles. The van der Waals surface area contributed by atoms with E-state index in [1.54, 1.807) is 24.3 Å². The summed E-state index contributed by atoms with van der Waals surface area (Å²) >= 11 is 0. The average molecular weight is 1320 g/mol. The van der Waals surface area contributed by atoms with E-state index in [0.717, 1.165) is 167 Å². The van der Waals surface area contributed by atoms with Crippen molar-refractivity contribution in [2.45, 2.75) is 38.5 Å². The van der Waals surface area contributed by atoms with Crippen LogP contribution in [0, 0.1) is 51.0 Å². The van der Waals surface area contributed by atoms with E-state index in [0.29, 0.717) is 11.2 Å². The fourth-order valence-corrected chi connectivity index (χ4v) is 16.4. The molecule has 0 fully saturated rings. The zero-order valence-corrected chi connectivity index (χ0v) is 56.1. The quantitative estimate of drug-likeness (QED) is 0.101. The zero-order chi connectivity index (χ0) is 69.0. The molecule has 2 atom stereocenters. The minimum Gasteiger partial charge on any atom is -0.456 e. The van der Waals surface area contributed by atoms with Crippen molar-refractivity contribution < 1.29 is 22.0 Å². The van der Waals surface area contributed by atoms with Crippen LogP contribution < -0.4 is 9.80 Å². The van der Waals surface area contributed by atoms with Gasteiger partial charge < -0.3 is 14.2 Å². The predicted octanol–water partition coefficient (Wildman–Crippen LogP) is 25.7. The lowest BCUT2D eigenvalue weighted by molar-refractivity contribution is 0.624. The van der Waals surface area contributed by atoms with E-state index in [1.165, 1.54) is 24.3 Å². The fourth-order valence-electron chi connectivity index (χ4n) is 16.4. The second kappa shape index (κ2) is 24.3. The molecule has 0 bridgehead atoms. The van der Waals surface area contributed by atoms with E-state index in [2.05, 4.69) is 245 Å². The summed E-state index contributed by atoms with van der Waals surface area (Å²) in [7, 11) is 0. The van der Waals surface area contributed by atoms with Crippen molar-refractivity contribution in [3.05, 3.63) is 406 Å². The van der Waals surface area contributed by atoms with E-state index >= 15 is 8.78 Å². The van der Waals surface area contributed by atoms with Gasteiger partial charge in [0, 0.05) is 57.0 Å². The van der Waals surface area contributed by atoms with E-state index in [1.807, 2.05) is 60.7 Å². The Hall–Kier alpha value is -12.3. The van der Waals surface area contributed by atoms with Crippen molar-refractivity contribution >= 4 is 68.2 Å². The Labute approximate surface area is 585 Å². The smallest absolute Gasteiger partial charge is 0.137 e. The first-order valence-corrected chi connectivity index (χ1v) is 34.0. The number of anilines is 6. The lowest BCUT2D eigenvalue weighted by Gasteiger charge is -2.35. The first kappa shape index (κ1) is 62.2. The van der Waals surface area contributed by atoms with Crippen LogP contribution in [0.1, 0.15) is 77.9 Å². The summed E-state index contributed by atoms with van der Waals surface area (Å²) in [5, 5.41) is 1.86. The molecule has 1 heterocycles. The molecule has 0 aliphatic heterocycles. The number of fused-ring (bicyclic) bond motifs is 9. The van der Waals surface area contributed by atoms with Gasteiger partial charge in [-0.25, -0.2) is 17.6 Å². The highest BCUT2D eigenvalue weighted by Gasteiger charge is 2.48. The molecule has 0 saturated carbocycles. The molecule has 0 radical (unpaired) electrons. The van der Waals surface area contributed by atoms with Crippen LogP contribution >= 0.6 is 0 Å². The molecule has 17 rings (SSSR count). The van der Waals surface area contributed by atoms with Crippen LogP contribution in [0.4, 0.5) is 51.7 Å². The molecular weight excluding hydrogens is 1250 g/mol. The van der Waals surface area contributed by atoms with Crippen LogP contribution in [0.5, 0.6) is 0 Å². The minimum absolute atomic E-state index is 0.296. The number of rotatable bonds is 14. The van der Waals surface area contributed by atoms with Gasteiger partial charge in [0.15, 0.2) is 0 Å². The molecule has 14 aromatic carbocycles. The number of hydrogen-bond acceptors (Lipinski definition) is 3. The van der Waals surface area contributed by atoms with Crippen LogP contribution in [-0.4, -0.2) is 0 Å². The molecule has 2 unspecified atom stereocenters. The van der Waals surface area contributed by atoms with Crippen LogP contribution in [0.25, 0.3) is 78.6 Å². The van der Waals surface area contributed by atoms with Gasteiger partial charge in [-0.2, -0.15) is 0 Å². The molecule has 7 heteroatoms. The molecule has 15 aromatic rings. The molecule has 0 amide bonds. The highest BCUT2D eigenvalue weighted by molar-refractivity contribution is 6.08. The molecule has 0 spiro atoms. The summed E-state index contributed by atoms with van der Waals surface area (Å²) in [4.78, 5) is 4.62. The third kappa shape index (κ3) is 10.0. The molecule has 101 heavy (non-hydrogen) atoms. The minimum atomic E-state index is -0.858. The largest absolute Gasteiger partial charge is 0.456 e. The Bertz CT molecular complexity index is 5480. The zero-order valence-electron chi connectivity index (χ0n) is 56.1. The SMILES string of the molecule is C=Cc1ccc(C2(c3ccc(F)cc3)c3ccccc3-c3ccc(N(c4ccc5c(c4)oc4cc(N(c6ccc7c(c6)C(c6ccc(F)cc6)(c6ccc(C=C)cc6)c6ccccc6-7)c6cc(C)c(-c7ccc(F)cc7)cc6C)ccc45)c4cc(C)c(-c5ccc(F)cc5)cc4C)cc32)cc1. The van der Waals surface area contributed by atoms with E-state index < -0.39 is 10.8 Å². The molecule has 3 nitrogen and oxygen atoms in total. The second-order valence-corrected chi connectivity index (χ2v) is 26.8. The summed E-state index contributed by atoms with van der Waals surface area (Å²) in [6, 6.07) is 96.5. The molecule has 2 aliphatic rings. The highest BCUT2D eigenvalue weighted by Crippen LogP contribution is 2.60. The van der Waals surface area contributed by atoms with Crippen molar-refractivity contribution in [1.29, 1.82) is 0 Å². The van der Waals surface area contributed by atoms with E-state index in [4.69, 9.17) is 4.42 Å². The molecule has 0 N–H and O–H groups in total. The maximum absolute atomic E-state index is 15.2. The summed E-state index contributed by atoms with van der Waals surface area (Å²) in [6.07, 6.45) is 3.70. The Morgan fingerprint density at radius 3 is 0.980 bits per heavy atom. The Kier molecular flexibility index (Phi) is 15.0. The van der Waals surface area contributed by atoms with Crippen molar-refractivity contribution in [3.63, 3.8) is 0 Å². The van der Waals surface area contributed by atoms with Gasteiger partial charge in [0.2, 0.25) is 0 Å². The molecule has 486 valence electrons. The number of furan rings is 1. The van der Waals surface area contributed by atoms with Gasteiger partial charge >= 0.3 is 0 Å². The van der Waals surface area contributed by atoms with Crippen LogP contribution in [-0.2, 0) is 10.8 Å². The summed E-state index contributed by atoms with van der Waals surface area (Å²) in [5.74, 6) is -1.22. The Morgan fingerprint density at radius 2 is 0.614 bits per heavy atom. The topological polar surface area (TPSA) is 19.6 Å². The molecule has 1 aromatic heterocycles. The Morgan fingerprint density at radius 1 is 0.297 bits per heavy atom. The summed E-state index contributed by atoms with van der Waals surface area (Å²) in [6.45, 7) is 16.6. The van der Waals surface area contributed by atoms with Crippen LogP contribution in [0.3, 0.4) is 0 Å². The van der Waals surface area contributed by atoms with E-state index in [-0.39, 0.29) is 23.3 Å². The number of hydrogen-bond donors (Lipinski definition) is 0. The van der Waals surface area contributed by atoms with Gasteiger partial charge in [0.1, 0.15) is 34.4 Å². The first-order chi connectivity index (χ1) is 49.2. The molecular formula is C94H66F4N2O. The monoisotopic (exact) mass is 1310 g/mol. The second-order valence-electron chi connectivity index (χ2n) is 26.8. The van der Waals surface area contributed by atoms with Gasteiger partial charge in [-0.15, -0.1) is 0 Å². The third-order valence-corrected chi connectivity index (χ3v) is 21.1. The van der Waals surface area contributed by atoms with E-state index in [9.17, 15) is 8.78 Å². The highest BCUT2D eigenvalue weighted by atomic mass is 19.1. The maximum Gasteiger partial charge on any atom is 0.137 e. The maximum atomic E-state index is 15.2. The fraction of sp³-hybridized carbons (Fsp3) is 0.0638. The number of aryl methyl sites for hydroxylation is 4.